The van der Waals surface area contributed by atoms with Crippen molar-refractivity contribution in [3.8, 4) is 10.4 Å². The van der Waals surface area contributed by atoms with Crippen LogP contribution in [0.1, 0.15) is 4.88 Å². The monoisotopic (exact) mass is 470 g/mol. The Morgan fingerprint density at radius 1 is 1.03 bits per heavy atom. The van der Waals surface area contributed by atoms with Crippen molar-refractivity contribution in [3.05, 3.63) is 62.0 Å². The molecule has 0 radical (unpaired) electrons. The van der Waals surface area contributed by atoms with Gasteiger partial charge in [0.15, 0.2) is 0 Å². The zero-order valence-electron chi connectivity index (χ0n) is 16.9. The standard InChI is InChI=1S/C22H22N4O2S3/c27-19(25-9-7-24(8-10-25)6-5-16-3-1-11-29-16)13-26-15-23-21-20(22(26)28)17(14-31-21)18-4-2-12-30-18/h1-4,11-12,14-15H,5-10,13H2. The number of fused-ring (bicyclic) bond motifs is 1. The Morgan fingerprint density at radius 2 is 1.84 bits per heavy atom. The van der Waals surface area contributed by atoms with Crippen molar-refractivity contribution in [3.63, 3.8) is 0 Å². The summed E-state index contributed by atoms with van der Waals surface area (Å²) in [6.45, 7) is 4.20. The molecule has 0 bridgehead atoms. The van der Waals surface area contributed by atoms with Crippen molar-refractivity contribution in [2.75, 3.05) is 32.7 Å². The second-order valence-electron chi connectivity index (χ2n) is 7.54. The topological polar surface area (TPSA) is 58.4 Å². The fourth-order valence-electron chi connectivity index (χ4n) is 3.88. The predicted octanol–water partition coefficient (Wildman–Crippen LogP) is 3.63. The van der Waals surface area contributed by atoms with Gasteiger partial charge in [-0.25, -0.2) is 4.98 Å². The number of carbonyl (C=O) groups excluding carboxylic acids is 1. The lowest BCUT2D eigenvalue weighted by Crippen LogP contribution is -2.50. The molecule has 31 heavy (non-hydrogen) atoms. The molecule has 160 valence electrons. The first-order valence-corrected chi connectivity index (χ1v) is 12.9. The smallest absolute Gasteiger partial charge is 0.263 e. The fourth-order valence-corrected chi connectivity index (χ4v) is 6.30. The van der Waals surface area contributed by atoms with Crippen LogP contribution in [0.5, 0.6) is 0 Å². The van der Waals surface area contributed by atoms with Crippen molar-refractivity contribution in [2.24, 2.45) is 0 Å². The van der Waals surface area contributed by atoms with Crippen molar-refractivity contribution >= 4 is 50.1 Å². The highest BCUT2D eigenvalue weighted by Gasteiger charge is 2.22. The third kappa shape index (κ3) is 4.36. The molecule has 0 spiro atoms. The Bertz CT molecular complexity index is 1220. The van der Waals surface area contributed by atoms with Crippen LogP contribution >= 0.6 is 34.0 Å². The highest BCUT2D eigenvalue weighted by molar-refractivity contribution is 7.18. The highest BCUT2D eigenvalue weighted by Crippen LogP contribution is 2.33. The van der Waals surface area contributed by atoms with Crippen molar-refractivity contribution < 1.29 is 4.79 Å². The molecule has 0 unspecified atom stereocenters. The average Bonchev–Trinajstić information content (AvgIpc) is 3.55. The number of nitrogens with zero attached hydrogens (tertiary/aromatic N) is 4. The Morgan fingerprint density at radius 3 is 2.58 bits per heavy atom. The lowest BCUT2D eigenvalue weighted by molar-refractivity contribution is -0.133. The van der Waals surface area contributed by atoms with E-state index in [1.807, 2.05) is 27.8 Å². The zero-order chi connectivity index (χ0) is 21.2. The summed E-state index contributed by atoms with van der Waals surface area (Å²) in [6.07, 6.45) is 2.56. The second kappa shape index (κ2) is 9.04. The van der Waals surface area contributed by atoms with E-state index in [-0.39, 0.29) is 18.0 Å². The summed E-state index contributed by atoms with van der Waals surface area (Å²) in [5.41, 5.74) is 0.770. The molecule has 9 heteroatoms. The van der Waals surface area contributed by atoms with Crippen LogP contribution < -0.4 is 5.56 Å². The van der Waals surface area contributed by atoms with Crippen LogP contribution in [-0.2, 0) is 17.8 Å². The first kappa shape index (κ1) is 20.6. The summed E-state index contributed by atoms with van der Waals surface area (Å²) in [6, 6.07) is 8.24. The van der Waals surface area contributed by atoms with Crippen molar-refractivity contribution in [1.82, 2.24) is 19.4 Å². The van der Waals surface area contributed by atoms with Gasteiger partial charge < -0.3 is 4.90 Å². The van der Waals surface area contributed by atoms with Crippen LogP contribution in [-0.4, -0.2) is 58.0 Å². The van der Waals surface area contributed by atoms with Crippen LogP contribution in [0, 0.1) is 0 Å². The maximum absolute atomic E-state index is 13.1. The third-order valence-corrected chi connectivity index (χ3v) is 8.36. The molecule has 0 saturated carbocycles. The van der Waals surface area contributed by atoms with E-state index in [4.69, 9.17) is 0 Å². The summed E-state index contributed by atoms with van der Waals surface area (Å²) in [4.78, 5) is 37.9. The number of amides is 1. The number of hydrogen-bond acceptors (Lipinski definition) is 7. The number of aromatic nitrogens is 2. The molecule has 1 aliphatic rings. The number of hydrogen-bond donors (Lipinski definition) is 0. The van der Waals surface area contributed by atoms with Gasteiger partial charge in [0.25, 0.3) is 5.56 Å². The summed E-state index contributed by atoms with van der Waals surface area (Å²) in [5.74, 6) is -0.0194. The molecule has 1 saturated heterocycles. The van der Waals surface area contributed by atoms with Gasteiger partial charge in [-0.2, -0.15) is 0 Å². The summed E-state index contributed by atoms with van der Waals surface area (Å²) < 4.78 is 1.46. The van der Waals surface area contributed by atoms with Crippen LogP contribution in [0.25, 0.3) is 20.7 Å². The highest BCUT2D eigenvalue weighted by atomic mass is 32.1. The van der Waals surface area contributed by atoms with Crippen LogP contribution in [0.4, 0.5) is 0 Å². The van der Waals surface area contributed by atoms with Crippen molar-refractivity contribution in [1.29, 1.82) is 0 Å². The Hall–Kier alpha value is -2.33. The molecule has 5 heterocycles. The van der Waals surface area contributed by atoms with Gasteiger partial charge in [0.2, 0.25) is 5.91 Å². The van der Waals surface area contributed by atoms with E-state index >= 15 is 0 Å². The van der Waals surface area contributed by atoms with Crippen LogP contribution in [0.3, 0.4) is 0 Å². The molecular formula is C22H22N4O2S3. The molecule has 1 aliphatic heterocycles. The van der Waals surface area contributed by atoms with Gasteiger partial charge in [-0.1, -0.05) is 12.1 Å². The van der Waals surface area contributed by atoms with Crippen molar-refractivity contribution in [2.45, 2.75) is 13.0 Å². The van der Waals surface area contributed by atoms with E-state index in [2.05, 4.69) is 27.4 Å². The van der Waals surface area contributed by atoms with E-state index in [0.29, 0.717) is 18.5 Å². The number of carbonyl (C=O) groups is 1. The minimum atomic E-state index is -0.141. The molecule has 4 aromatic rings. The first-order valence-electron chi connectivity index (χ1n) is 10.2. The van der Waals surface area contributed by atoms with Crippen LogP contribution in [0.2, 0.25) is 0 Å². The number of piperazine rings is 1. The Labute approximate surface area is 192 Å². The largest absolute Gasteiger partial charge is 0.339 e. The lowest BCUT2D eigenvalue weighted by Gasteiger charge is -2.34. The molecular weight excluding hydrogens is 448 g/mol. The lowest BCUT2D eigenvalue weighted by atomic mass is 10.2. The predicted molar refractivity (Wildman–Crippen MR) is 128 cm³/mol. The van der Waals surface area contributed by atoms with Gasteiger partial charge in [-0.15, -0.1) is 34.0 Å². The molecule has 0 aromatic carbocycles. The van der Waals surface area contributed by atoms with Gasteiger partial charge in [0.05, 0.1) is 11.7 Å². The van der Waals surface area contributed by atoms with E-state index in [1.54, 1.807) is 22.7 Å². The van der Waals surface area contributed by atoms with E-state index in [9.17, 15) is 9.59 Å². The minimum Gasteiger partial charge on any atom is -0.339 e. The van der Waals surface area contributed by atoms with Gasteiger partial charge >= 0.3 is 0 Å². The van der Waals surface area contributed by atoms with Gasteiger partial charge in [0.1, 0.15) is 11.4 Å². The number of thiophene rings is 3. The third-order valence-electron chi connectivity index (χ3n) is 5.63. The fraction of sp³-hybridized carbons (Fsp3) is 0.318. The molecule has 1 amide bonds. The number of rotatable bonds is 6. The quantitative estimate of drug-likeness (QED) is 0.432. The summed E-state index contributed by atoms with van der Waals surface area (Å²) in [7, 11) is 0. The zero-order valence-corrected chi connectivity index (χ0v) is 19.3. The van der Waals surface area contributed by atoms with E-state index < -0.39 is 0 Å². The average molecular weight is 471 g/mol. The Kier molecular flexibility index (Phi) is 5.99. The molecule has 5 rings (SSSR count). The minimum absolute atomic E-state index is 0.0194. The second-order valence-corrected chi connectivity index (χ2v) is 10.4. The SMILES string of the molecule is O=C(Cn1cnc2scc(-c3cccs3)c2c1=O)N1CCN(CCc2cccs2)CC1. The van der Waals surface area contributed by atoms with Gasteiger partial charge in [-0.3, -0.25) is 19.1 Å². The normalized spacial score (nSPS) is 15.0. The maximum Gasteiger partial charge on any atom is 0.263 e. The Balaban J connectivity index is 1.24. The summed E-state index contributed by atoms with van der Waals surface area (Å²) >= 11 is 4.86. The molecule has 1 fully saturated rings. The summed E-state index contributed by atoms with van der Waals surface area (Å²) in [5, 5.41) is 6.70. The molecule has 4 aromatic heterocycles. The van der Waals surface area contributed by atoms with Gasteiger partial charge in [-0.05, 0) is 29.3 Å². The molecule has 0 N–H and O–H groups in total. The van der Waals surface area contributed by atoms with Crippen LogP contribution in [0.15, 0.2) is 51.5 Å². The molecule has 0 aliphatic carbocycles. The van der Waals surface area contributed by atoms with Gasteiger partial charge in [0, 0.05) is 53.4 Å². The van der Waals surface area contributed by atoms with E-state index in [1.165, 1.54) is 27.1 Å². The maximum atomic E-state index is 13.1. The molecule has 6 nitrogen and oxygen atoms in total. The molecule has 0 atom stereocenters. The first-order chi connectivity index (χ1) is 15.2. The van der Waals surface area contributed by atoms with E-state index in [0.717, 1.165) is 41.3 Å².